The minimum Gasteiger partial charge on any atom is -0.308 e. The molecule has 0 fully saturated rings. The van der Waals surface area contributed by atoms with Crippen molar-refractivity contribution in [3.05, 3.63) is 95.0 Å². The summed E-state index contributed by atoms with van der Waals surface area (Å²) in [6, 6.07) is 27.8. The molecule has 0 unspecified atom stereocenters. The fraction of sp³-hybridized carbons (Fsp3) is 0. The van der Waals surface area contributed by atoms with E-state index in [1.165, 1.54) is 5.52 Å². The summed E-state index contributed by atoms with van der Waals surface area (Å²) in [6.07, 6.45) is 0. The number of hydrogen-bond acceptors (Lipinski definition) is 2. The summed E-state index contributed by atoms with van der Waals surface area (Å²) in [5.74, 6) is 0. The van der Waals surface area contributed by atoms with Gasteiger partial charge in [-0.1, -0.05) is 48.5 Å². The largest absolute Gasteiger partial charge is 0.308 e. The molecular formula is C24H14N2O2. The van der Waals surface area contributed by atoms with Crippen LogP contribution in [0.5, 0.6) is 0 Å². The van der Waals surface area contributed by atoms with Crippen LogP contribution in [0.2, 0.25) is 0 Å². The Balaban J connectivity index is 1.86. The van der Waals surface area contributed by atoms with Gasteiger partial charge in [0.15, 0.2) is 0 Å². The molecule has 0 aliphatic heterocycles. The normalized spacial score (nSPS) is 11.9. The minimum absolute atomic E-state index is 0.129. The number of rotatable bonds is 2. The van der Waals surface area contributed by atoms with Crippen molar-refractivity contribution >= 4 is 43.8 Å². The highest BCUT2D eigenvalue weighted by atomic mass is 16.6. The molecule has 6 rings (SSSR count). The van der Waals surface area contributed by atoms with E-state index >= 15 is 0 Å². The lowest BCUT2D eigenvalue weighted by Gasteiger charge is -2.05. The molecule has 0 saturated heterocycles. The predicted octanol–water partition coefficient (Wildman–Crippen LogP) is 6.41. The van der Waals surface area contributed by atoms with Gasteiger partial charge < -0.3 is 4.40 Å². The molecule has 28 heavy (non-hydrogen) atoms. The quantitative estimate of drug-likeness (QED) is 0.264. The zero-order valence-corrected chi connectivity index (χ0v) is 14.8. The van der Waals surface area contributed by atoms with Crippen LogP contribution in [-0.2, 0) is 0 Å². The van der Waals surface area contributed by atoms with Gasteiger partial charge in [0.2, 0.25) is 0 Å². The number of para-hydroxylation sites is 3. The number of nitro benzene ring substituents is 1. The second kappa shape index (κ2) is 5.30. The number of nitro groups is 1. The van der Waals surface area contributed by atoms with Crippen LogP contribution in [0.15, 0.2) is 84.9 Å². The van der Waals surface area contributed by atoms with E-state index in [4.69, 9.17) is 0 Å². The van der Waals surface area contributed by atoms with E-state index in [0.717, 1.165) is 38.1 Å². The molecule has 132 valence electrons. The molecule has 0 saturated carbocycles. The average molecular weight is 362 g/mol. The zero-order chi connectivity index (χ0) is 18.8. The van der Waals surface area contributed by atoms with Gasteiger partial charge in [0.1, 0.15) is 0 Å². The van der Waals surface area contributed by atoms with E-state index < -0.39 is 0 Å². The third kappa shape index (κ3) is 1.84. The van der Waals surface area contributed by atoms with Gasteiger partial charge in [0, 0.05) is 27.6 Å². The molecule has 0 bridgehead atoms. The van der Waals surface area contributed by atoms with Crippen molar-refractivity contribution in [3.63, 3.8) is 0 Å². The Labute approximate surface area is 159 Å². The smallest absolute Gasteiger partial charge is 0.277 e. The Morgan fingerprint density at radius 3 is 1.82 bits per heavy atom. The Kier molecular flexibility index (Phi) is 2.87. The molecule has 6 aromatic rings. The van der Waals surface area contributed by atoms with Gasteiger partial charge in [0.25, 0.3) is 5.69 Å². The average Bonchev–Trinajstić information content (AvgIpc) is 3.25. The maximum Gasteiger partial charge on any atom is 0.277 e. The fourth-order valence-corrected chi connectivity index (χ4v) is 4.48. The Morgan fingerprint density at radius 2 is 1.21 bits per heavy atom. The molecule has 2 aromatic heterocycles. The second-order valence-corrected chi connectivity index (χ2v) is 7.06. The van der Waals surface area contributed by atoms with Gasteiger partial charge >= 0.3 is 0 Å². The molecule has 0 aliphatic carbocycles. The van der Waals surface area contributed by atoms with Gasteiger partial charge in [-0.05, 0) is 35.9 Å². The lowest BCUT2D eigenvalue weighted by atomic mass is 9.98. The molecule has 2 heterocycles. The van der Waals surface area contributed by atoms with Crippen molar-refractivity contribution in [3.8, 4) is 11.1 Å². The molecule has 0 aliphatic rings. The third-order valence-corrected chi connectivity index (χ3v) is 5.62. The van der Waals surface area contributed by atoms with Crippen LogP contribution >= 0.6 is 0 Å². The first kappa shape index (κ1) is 15.2. The van der Waals surface area contributed by atoms with Crippen molar-refractivity contribution in [1.29, 1.82) is 0 Å². The zero-order valence-electron chi connectivity index (χ0n) is 14.8. The summed E-state index contributed by atoms with van der Waals surface area (Å²) < 4.78 is 2.30. The highest BCUT2D eigenvalue weighted by molar-refractivity contribution is 6.24. The van der Waals surface area contributed by atoms with Crippen LogP contribution in [0.25, 0.3) is 49.2 Å². The standard InChI is InChI=1S/C24H14N2O2/c27-26(28)23-12-6-1-7-16(23)15-13-19-17-8-2-4-10-21(17)25-22-11-5-3-9-18(22)20(14-15)24(19)25/h1-14H. The van der Waals surface area contributed by atoms with Crippen LogP contribution in [0.3, 0.4) is 0 Å². The van der Waals surface area contributed by atoms with E-state index in [0.29, 0.717) is 5.56 Å². The first-order chi connectivity index (χ1) is 13.7. The lowest BCUT2D eigenvalue weighted by molar-refractivity contribution is -0.384. The Morgan fingerprint density at radius 1 is 0.679 bits per heavy atom. The number of benzene rings is 4. The summed E-state index contributed by atoms with van der Waals surface area (Å²) in [6.45, 7) is 0. The van der Waals surface area contributed by atoms with Crippen molar-refractivity contribution in [2.24, 2.45) is 0 Å². The summed E-state index contributed by atoms with van der Waals surface area (Å²) in [7, 11) is 0. The predicted molar refractivity (Wildman–Crippen MR) is 113 cm³/mol. The Bertz CT molecular complexity index is 1460. The summed E-state index contributed by atoms with van der Waals surface area (Å²) in [4.78, 5) is 11.3. The Hall–Kier alpha value is -3.92. The first-order valence-electron chi connectivity index (χ1n) is 9.15. The van der Waals surface area contributed by atoms with E-state index in [9.17, 15) is 10.1 Å². The van der Waals surface area contributed by atoms with Crippen molar-refractivity contribution in [2.75, 3.05) is 0 Å². The van der Waals surface area contributed by atoms with Gasteiger partial charge in [-0.15, -0.1) is 0 Å². The number of nitrogens with zero attached hydrogens (tertiary/aromatic N) is 2. The molecule has 0 N–H and O–H groups in total. The van der Waals surface area contributed by atoms with Crippen LogP contribution < -0.4 is 0 Å². The van der Waals surface area contributed by atoms with E-state index in [1.807, 2.05) is 36.4 Å². The highest BCUT2D eigenvalue weighted by Gasteiger charge is 2.20. The monoisotopic (exact) mass is 362 g/mol. The lowest BCUT2D eigenvalue weighted by Crippen LogP contribution is -1.91. The minimum atomic E-state index is -0.309. The van der Waals surface area contributed by atoms with E-state index in [2.05, 4.69) is 40.8 Å². The van der Waals surface area contributed by atoms with Crippen molar-refractivity contribution < 1.29 is 4.92 Å². The second-order valence-electron chi connectivity index (χ2n) is 7.06. The summed E-state index contributed by atoms with van der Waals surface area (Å²) >= 11 is 0. The van der Waals surface area contributed by atoms with E-state index in [1.54, 1.807) is 12.1 Å². The van der Waals surface area contributed by atoms with Crippen molar-refractivity contribution in [2.45, 2.75) is 0 Å². The van der Waals surface area contributed by atoms with Crippen molar-refractivity contribution in [1.82, 2.24) is 4.40 Å². The third-order valence-electron chi connectivity index (χ3n) is 5.62. The number of aromatic nitrogens is 1. The van der Waals surface area contributed by atoms with Gasteiger partial charge in [-0.25, -0.2) is 0 Å². The van der Waals surface area contributed by atoms with E-state index in [-0.39, 0.29) is 10.6 Å². The van der Waals surface area contributed by atoms with Crippen LogP contribution in [-0.4, -0.2) is 9.32 Å². The molecule has 0 amide bonds. The molecular weight excluding hydrogens is 348 g/mol. The number of hydrogen-bond donors (Lipinski definition) is 0. The topological polar surface area (TPSA) is 47.5 Å². The highest BCUT2D eigenvalue weighted by Crippen LogP contribution is 2.42. The SMILES string of the molecule is O=[N+]([O-])c1ccccc1-c1cc2c3ccccc3n3c4ccccc4c(c1)c23. The first-order valence-corrected chi connectivity index (χ1v) is 9.15. The summed E-state index contributed by atoms with van der Waals surface area (Å²) in [5, 5.41) is 16.2. The van der Waals surface area contributed by atoms with Gasteiger partial charge in [-0.2, -0.15) is 0 Å². The molecule has 4 aromatic carbocycles. The molecule has 0 spiro atoms. The van der Waals surface area contributed by atoms with Crippen LogP contribution in [0.4, 0.5) is 5.69 Å². The maximum absolute atomic E-state index is 11.6. The molecule has 0 atom stereocenters. The van der Waals surface area contributed by atoms with Crippen LogP contribution in [0.1, 0.15) is 0 Å². The number of fused-ring (bicyclic) bond motifs is 6. The molecule has 4 heteroatoms. The maximum atomic E-state index is 11.6. The van der Waals surface area contributed by atoms with Crippen LogP contribution in [0, 0.1) is 10.1 Å². The fourth-order valence-electron chi connectivity index (χ4n) is 4.48. The van der Waals surface area contributed by atoms with Gasteiger partial charge in [-0.3, -0.25) is 10.1 Å². The molecule has 0 radical (unpaired) electrons. The summed E-state index contributed by atoms with van der Waals surface area (Å²) in [5.41, 5.74) is 5.13. The van der Waals surface area contributed by atoms with Gasteiger partial charge in [0.05, 0.1) is 27.0 Å². The molecule has 4 nitrogen and oxygen atoms in total.